The Morgan fingerprint density at radius 2 is 1.86 bits per heavy atom. The Balaban J connectivity index is 1.93. The quantitative estimate of drug-likeness (QED) is 0.638. The highest BCUT2D eigenvalue weighted by Gasteiger charge is 2.48. The summed E-state index contributed by atoms with van der Waals surface area (Å²) in [5, 5.41) is 0. The number of carbonyl (C=O) groups is 1. The van der Waals surface area contributed by atoms with Crippen LogP contribution < -0.4 is 0 Å². The van der Waals surface area contributed by atoms with E-state index < -0.39 is 5.60 Å². The van der Waals surface area contributed by atoms with Crippen LogP contribution in [-0.4, -0.2) is 34.6 Å². The number of benzene rings is 1. The van der Waals surface area contributed by atoms with Gasteiger partial charge in [0.25, 0.3) is 0 Å². The number of nitrogens with zero attached hydrogens (tertiary/aromatic N) is 2. The molecule has 4 nitrogen and oxygen atoms in total. The fourth-order valence-corrected chi connectivity index (χ4v) is 4.30. The van der Waals surface area contributed by atoms with Crippen molar-refractivity contribution in [2.24, 2.45) is 0 Å². The van der Waals surface area contributed by atoms with Crippen molar-refractivity contribution in [2.75, 3.05) is 13.1 Å². The summed E-state index contributed by atoms with van der Waals surface area (Å²) in [4.78, 5) is 16.9. The summed E-state index contributed by atoms with van der Waals surface area (Å²) in [6.07, 6.45) is 7.16. The van der Waals surface area contributed by atoms with Crippen molar-refractivity contribution in [1.29, 1.82) is 0 Å². The van der Waals surface area contributed by atoms with Gasteiger partial charge in [-0.1, -0.05) is 42.8 Å². The lowest BCUT2D eigenvalue weighted by molar-refractivity contribution is 0.00952. The predicted molar refractivity (Wildman–Crippen MR) is 115 cm³/mol. The number of likely N-dealkylation sites (tertiary alicyclic amines) is 1. The van der Waals surface area contributed by atoms with Gasteiger partial charge >= 0.3 is 6.09 Å². The molecule has 1 fully saturated rings. The van der Waals surface area contributed by atoms with Crippen LogP contribution in [0.3, 0.4) is 0 Å². The molecule has 1 spiro atoms. The summed E-state index contributed by atoms with van der Waals surface area (Å²) < 4.78 is 5.60. The van der Waals surface area contributed by atoms with Gasteiger partial charge in [-0.2, -0.15) is 0 Å². The van der Waals surface area contributed by atoms with Crippen molar-refractivity contribution in [3.63, 3.8) is 0 Å². The number of ether oxygens (including phenoxy) is 1. The molecule has 0 aromatic heterocycles. The standard InChI is InChI=1S/C24H34N2O2/c1-7-18(3)17-26-21(8-2)19-11-9-10-12-20(19)24(26)13-15-25(16-14-24)22(27)28-23(4,5)6/h8-12,17H,7,13-16H2,1-6H3/b18-17?,21-8-. The van der Waals surface area contributed by atoms with Gasteiger partial charge in [0, 0.05) is 30.5 Å². The maximum atomic E-state index is 12.6. The largest absolute Gasteiger partial charge is 0.444 e. The van der Waals surface area contributed by atoms with Crippen molar-refractivity contribution >= 4 is 11.8 Å². The Kier molecular flexibility index (Phi) is 5.60. The summed E-state index contributed by atoms with van der Waals surface area (Å²) in [5.41, 5.74) is 4.78. The Labute approximate surface area is 169 Å². The number of fused-ring (bicyclic) bond motifs is 2. The zero-order valence-electron chi connectivity index (χ0n) is 18.2. The first-order valence-electron chi connectivity index (χ1n) is 10.4. The smallest absolute Gasteiger partial charge is 0.410 e. The number of carbonyl (C=O) groups excluding carboxylic acids is 1. The molecule has 1 saturated heterocycles. The predicted octanol–water partition coefficient (Wildman–Crippen LogP) is 5.90. The average molecular weight is 383 g/mol. The van der Waals surface area contributed by atoms with Crippen molar-refractivity contribution in [2.45, 2.75) is 71.9 Å². The second-order valence-corrected chi connectivity index (χ2v) is 8.92. The van der Waals surface area contributed by atoms with Gasteiger partial charge in [0.15, 0.2) is 0 Å². The van der Waals surface area contributed by atoms with E-state index in [-0.39, 0.29) is 11.6 Å². The third-order valence-corrected chi connectivity index (χ3v) is 5.85. The molecule has 0 bridgehead atoms. The molecule has 28 heavy (non-hydrogen) atoms. The van der Waals surface area contributed by atoms with E-state index in [1.54, 1.807) is 0 Å². The van der Waals surface area contributed by atoms with Crippen molar-refractivity contribution in [1.82, 2.24) is 9.80 Å². The first-order valence-corrected chi connectivity index (χ1v) is 10.4. The van der Waals surface area contributed by atoms with Crippen LogP contribution in [0.2, 0.25) is 0 Å². The number of rotatable bonds is 2. The molecule has 3 rings (SSSR count). The van der Waals surface area contributed by atoms with E-state index in [0.717, 1.165) is 19.3 Å². The zero-order chi connectivity index (χ0) is 20.5. The molecule has 1 aromatic rings. The molecule has 0 N–H and O–H groups in total. The average Bonchev–Trinajstić information content (AvgIpc) is 2.90. The lowest BCUT2D eigenvalue weighted by Crippen LogP contribution is -2.50. The Bertz CT molecular complexity index is 793. The SMILES string of the molecule is C/C=C1/c2ccccc2C2(CCN(C(=O)OC(C)(C)C)CC2)N1C=C(C)CC. The van der Waals surface area contributed by atoms with Crippen LogP contribution in [0.15, 0.2) is 42.1 Å². The van der Waals surface area contributed by atoms with Gasteiger partial charge < -0.3 is 14.5 Å². The molecular formula is C24H34N2O2. The topological polar surface area (TPSA) is 32.8 Å². The van der Waals surface area contributed by atoms with E-state index in [1.165, 1.54) is 22.4 Å². The third-order valence-electron chi connectivity index (χ3n) is 5.85. The third kappa shape index (κ3) is 3.69. The molecule has 2 heterocycles. The normalized spacial score (nSPS) is 20.6. The highest BCUT2D eigenvalue weighted by Crippen LogP contribution is 2.51. The van der Waals surface area contributed by atoms with Crippen molar-refractivity contribution in [3.8, 4) is 0 Å². The van der Waals surface area contributed by atoms with E-state index in [2.05, 4.69) is 62.2 Å². The molecule has 4 heteroatoms. The van der Waals surface area contributed by atoms with E-state index in [4.69, 9.17) is 4.74 Å². The maximum Gasteiger partial charge on any atom is 0.410 e. The van der Waals surface area contributed by atoms with E-state index in [0.29, 0.717) is 13.1 Å². The molecule has 2 aliphatic heterocycles. The van der Waals surface area contributed by atoms with E-state index in [9.17, 15) is 4.79 Å². The van der Waals surface area contributed by atoms with E-state index in [1.807, 2.05) is 25.7 Å². The minimum atomic E-state index is -0.461. The Morgan fingerprint density at radius 1 is 1.21 bits per heavy atom. The molecule has 0 unspecified atom stereocenters. The molecule has 1 aromatic carbocycles. The minimum Gasteiger partial charge on any atom is -0.444 e. The van der Waals surface area contributed by atoms with Gasteiger partial charge in [-0.3, -0.25) is 0 Å². The van der Waals surface area contributed by atoms with Crippen LogP contribution in [0.1, 0.15) is 71.9 Å². The van der Waals surface area contributed by atoms with Gasteiger partial charge in [-0.25, -0.2) is 4.79 Å². The maximum absolute atomic E-state index is 12.6. The first kappa shape index (κ1) is 20.5. The van der Waals surface area contributed by atoms with Gasteiger partial charge in [-0.15, -0.1) is 0 Å². The van der Waals surface area contributed by atoms with Gasteiger partial charge in [0.2, 0.25) is 0 Å². The molecule has 1 amide bonds. The molecule has 0 radical (unpaired) electrons. The van der Waals surface area contributed by atoms with Gasteiger partial charge in [0.05, 0.1) is 5.54 Å². The summed E-state index contributed by atoms with van der Waals surface area (Å²) in [7, 11) is 0. The lowest BCUT2D eigenvalue weighted by Gasteiger charge is -2.45. The molecule has 0 aliphatic carbocycles. The van der Waals surface area contributed by atoms with Crippen LogP contribution in [0, 0.1) is 0 Å². The molecular weight excluding hydrogens is 348 g/mol. The van der Waals surface area contributed by atoms with Crippen molar-refractivity contribution < 1.29 is 9.53 Å². The summed E-state index contributed by atoms with van der Waals surface area (Å²) in [6.45, 7) is 13.7. The molecule has 0 saturated carbocycles. The van der Waals surface area contributed by atoms with Crippen LogP contribution >= 0.6 is 0 Å². The Morgan fingerprint density at radius 3 is 2.43 bits per heavy atom. The minimum absolute atomic E-state index is 0.0899. The fraction of sp³-hybridized carbons (Fsp3) is 0.542. The van der Waals surface area contributed by atoms with Crippen LogP contribution in [-0.2, 0) is 10.3 Å². The summed E-state index contributed by atoms with van der Waals surface area (Å²) in [6, 6.07) is 8.73. The second-order valence-electron chi connectivity index (χ2n) is 8.92. The zero-order valence-corrected chi connectivity index (χ0v) is 18.2. The van der Waals surface area contributed by atoms with Crippen LogP contribution in [0.4, 0.5) is 4.79 Å². The highest BCUT2D eigenvalue weighted by atomic mass is 16.6. The fourth-order valence-electron chi connectivity index (χ4n) is 4.30. The van der Waals surface area contributed by atoms with E-state index >= 15 is 0 Å². The van der Waals surface area contributed by atoms with Crippen LogP contribution in [0.5, 0.6) is 0 Å². The number of hydrogen-bond donors (Lipinski definition) is 0. The Hall–Kier alpha value is -2.23. The molecule has 152 valence electrons. The van der Waals surface area contributed by atoms with Gasteiger partial charge in [-0.05, 0) is 59.4 Å². The summed E-state index contributed by atoms with van der Waals surface area (Å²) >= 11 is 0. The monoisotopic (exact) mass is 382 g/mol. The second kappa shape index (κ2) is 7.65. The lowest BCUT2D eigenvalue weighted by atomic mass is 9.81. The number of amides is 1. The van der Waals surface area contributed by atoms with Crippen LogP contribution in [0.25, 0.3) is 5.70 Å². The highest BCUT2D eigenvalue weighted by molar-refractivity contribution is 5.75. The van der Waals surface area contributed by atoms with Crippen molar-refractivity contribution in [3.05, 3.63) is 53.2 Å². The molecule has 2 aliphatic rings. The number of piperidine rings is 1. The number of hydrogen-bond acceptors (Lipinski definition) is 3. The molecule has 0 atom stereocenters. The van der Waals surface area contributed by atoms with Gasteiger partial charge in [0.1, 0.15) is 5.60 Å². The summed E-state index contributed by atoms with van der Waals surface area (Å²) in [5.74, 6) is 0. The number of allylic oxidation sites excluding steroid dienone is 2. The first-order chi connectivity index (χ1) is 13.2.